The van der Waals surface area contributed by atoms with E-state index in [2.05, 4.69) is 16.3 Å². The second-order valence-corrected chi connectivity index (χ2v) is 7.31. The lowest BCUT2D eigenvalue weighted by Gasteiger charge is -2.25. The summed E-state index contributed by atoms with van der Waals surface area (Å²) in [6.45, 7) is 4.14. The van der Waals surface area contributed by atoms with Crippen LogP contribution in [0, 0.1) is 11.3 Å². The monoisotopic (exact) mass is 408 g/mol. The van der Waals surface area contributed by atoms with Gasteiger partial charge in [-0.25, -0.2) is 0 Å². The van der Waals surface area contributed by atoms with Gasteiger partial charge in [0.1, 0.15) is 0 Å². The molecule has 0 aliphatic carbocycles. The van der Waals surface area contributed by atoms with Crippen LogP contribution in [0.3, 0.4) is 0 Å². The molecule has 0 saturated carbocycles. The van der Waals surface area contributed by atoms with E-state index in [1.807, 2.05) is 44.2 Å². The van der Waals surface area contributed by atoms with Crippen LogP contribution in [-0.4, -0.2) is 27.0 Å². The van der Waals surface area contributed by atoms with Crippen LogP contribution in [0.2, 0.25) is 5.02 Å². The first-order valence-corrected chi connectivity index (χ1v) is 9.71. The van der Waals surface area contributed by atoms with Crippen LogP contribution in [-0.2, 0) is 17.8 Å². The third-order valence-corrected chi connectivity index (χ3v) is 4.86. The second-order valence-electron chi connectivity index (χ2n) is 6.90. The molecule has 0 N–H and O–H groups in total. The summed E-state index contributed by atoms with van der Waals surface area (Å²) in [6, 6.07) is 16.6. The Labute approximate surface area is 174 Å². The Bertz CT molecular complexity index is 1020. The average Bonchev–Trinajstić information content (AvgIpc) is 3.19. The average molecular weight is 409 g/mol. The summed E-state index contributed by atoms with van der Waals surface area (Å²) in [5, 5.41) is 17.5. The molecule has 7 heteroatoms. The number of hydrogen-bond donors (Lipinski definition) is 0. The van der Waals surface area contributed by atoms with Crippen LogP contribution in [0.25, 0.3) is 11.5 Å². The molecule has 0 bridgehead atoms. The van der Waals surface area contributed by atoms with Crippen molar-refractivity contribution < 1.29 is 9.21 Å². The number of benzene rings is 2. The lowest BCUT2D eigenvalue weighted by molar-refractivity contribution is -0.133. The SMILES string of the molecule is CC(C)N(Cc1nnc(-c2ccccc2Cl)o1)C(=O)CCc1ccc(C#N)cc1. The summed E-state index contributed by atoms with van der Waals surface area (Å²) in [7, 11) is 0. The molecule has 0 unspecified atom stereocenters. The lowest BCUT2D eigenvalue weighted by Crippen LogP contribution is -2.36. The molecule has 0 aliphatic heterocycles. The second kappa shape index (κ2) is 9.35. The van der Waals surface area contributed by atoms with E-state index in [9.17, 15) is 4.79 Å². The molecule has 29 heavy (non-hydrogen) atoms. The molecule has 6 nitrogen and oxygen atoms in total. The smallest absolute Gasteiger partial charge is 0.249 e. The maximum absolute atomic E-state index is 12.8. The van der Waals surface area contributed by atoms with Gasteiger partial charge in [-0.15, -0.1) is 10.2 Å². The fourth-order valence-electron chi connectivity index (χ4n) is 2.91. The van der Waals surface area contributed by atoms with Crippen molar-refractivity contribution in [1.29, 1.82) is 5.26 Å². The molecule has 0 saturated heterocycles. The van der Waals surface area contributed by atoms with Crippen molar-refractivity contribution in [3.63, 3.8) is 0 Å². The van der Waals surface area contributed by atoms with Crippen molar-refractivity contribution in [2.24, 2.45) is 0 Å². The Morgan fingerprint density at radius 3 is 2.55 bits per heavy atom. The largest absolute Gasteiger partial charge is 0.419 e. The number of halogens is 1. The summed E-state index contributed by atoms with van der Waals surface area (Å²) in [5.74, 6) is 0.696. The van der Waals surface area contributed by atoms with Crippen LogP contribution >= 0.6 is 11.6 Å². The highest BCUT2D eigenvalue weighted by Crippen LogP contribution is 2.26. The van der Waals surface area contributed by atoms with Crippen molar-refractivity contribution in [3.8, 4) is 17.5 Å². The molecule has 0 fully saturated rings. The number of nitriles is 1. The minimum atomic E-state index is -0.0147. The summed E-state index contributed by atoms with van der Waals surface area (Å²) in [4.78, 5) is 14.5. The van der Waals surface area contributed by atoms with E-state index in [1.165, 1.54) is 0 Å². The zero-order chi connectivity index (χ0) is 20.8. The number of nitrogens with zero attached hydrogens (tertiary/aromatic N) is 4. The first-order valence-electron chi connectivity index (χ1n) is 9.33. The van der Waals surface area contributed by atoms with Gasteiger partial charge in [0, 0.05) is 12.5 Å². The molecule has 1 amide bonds. The van der Waals surface area contributed by atoms with Gasteiger partial charge in [0.05, 0.1) is 28.8 Å². The number of aryl methyl sites for hydroxylation is 1. The number of hydrogen-bond acceptors (Lipinski definition) is 5. The summed E-state index contributed by atoms with van der Waals surface area (Å²) >= 11 is 6.18. The standard InChI is InChI=1S/C22H21ClN4O2/c1-15(2)27(21(28)12-11-16-7-9-17(13-24)10-8-16)14-20-25-26-22(29-20)18-5-3-4-6-19(18)23/h3-10,15H,11-12,14H2,1-2H3. The van der Waals surface area contributed by atoms with Crippen LogP contribution in [0.4, 0.5) is 0 Å². The zero-order valence-electron chi connectivity index (χ0n) is 16.3. The number of rotatable bonds is 7. The van der Waals surface area contributed by atoms with Gasteiger partial charge >= 0.3 is 0 Å². The van der Waals surface area contributed by atoms with Crippen molar-refractivity contribution in [2.45, 2.75) is 39.3 Å². The molecule has 1 aromatic heterocycles. The van der Waals surface area contributed by atoms with Gasteiger partial charge in [0.15, 0.2) is 0 Å². The van der Waals surface area contributed by atoms with Gasteiger partial charge in [0.2, 0.25) is 17.7 Å². The van der Waals surface area contributed by atoms with E-state index in [4.69, 9.17) is 21.3 Å². The van der Waals surface area contributed by atoms with Crippen LogP contribution < -0.4 is 0 Å². The number of amides is 1. The predicted octanol–water partition coefficient (Wildman–Crippen LogP) is 4.63. The first kappa shape index (κ1) is 20.6. The molecule has 148 valence electrons. The van der Waals surface area contributed by atoms with Gasteiger partial charge in [0.25, 0.3) is 0 Å². The molecule has 0 spiro atoms. The highest BCUT2D eigenvalue weighted by atomic mass is 35.5. The van der Waals surface area contributed by atoms with Crippen molar-refractivity contribution in [1.82, 2.24) is 15.1 Å². The maximum Gasteiger partial charge on any atom is 0.249 e. The Hall–Kier alpha value is -3.17. The Morgan fingerprint density at radius 2 is 1.90 bits per heavy atom. The Morgan fingerprint density at radius 1 is 1.17 bits per heavy atom. The topological polar surface area (TPSA) is 83.0 Å². The molecule has 0 radical (unpaired) electrons. The van der Waals surface area contributed by atoms with Gasteiger partial charge in [-0.1, -0.05) is 35.9 Å². The van der Waals surface area contributed by atoms with Crippen LogP contribution in [0.1, 0.15) is 37.3 Å². The Kier molecular flexibility index (Phi) is 6.63. The highest BCUT2D eigenvalue weighted by molar-refractivity contribution is 6.33. The molecular weight excluding hydrogens is 388 g/mol. The summed E-state index contributed by atoms with van der Waals surface area (Å²) in [6.07, 6.45) is 0.956. The molecule has 1 heterocycles. The molecule has 3 aromatic rings. The highest BCUT2D eigenvalue weighted by Gasteiger charge is 2.21. The van der Waals surface area contributed by atoms with E-state index >= 15 is 0 Å². The van der Waals surface area contributed by atoms with Crippen LogP contribution in [0.5, 0.6) is 0 Å². The van der Waals surface area contributed by atoms with Gasteiger partial charge in [-0.2, -0.15) is 5.26 Å². The summed E-state index contributed by atoms with van der Waals surface area (Å²) < 4.78 is 5.74. The molecular formula is C22H21ClN4O2. The number of carbonyl (C=O) groups is 1. The normalized spacial score (nSPS) is 10.7. The van der Waals surface area contributed by atoms with Crippen molar-refractivity contribution in [2.75, 3.05) is 0 Å². The third-order valence-electron chi connectivity index (χ3n) is 4.53. The zero-order valence-corrected chi connectivity index (χ0v) is 17.1. The van der Waals surface area contributed by atoms with E-state index < -0.39 is 0 Å². The van der Waals surface area contributed by atoms with E-state index in [-0.39, 0.29) is 18.5 Å². The van der Waals surface area contributed by atoms with E-state index in [0.717, 1.165) is 5.56 Å². The predicted molar refractivity (Wildman–Crippen MR) is 110 cm³/mol. The minimum Gasteiger partial charge on any atom is -0.419 e. The lowest BCUT2D eigenvalue weighted by atomic mass is 10.1. The Balaban J connectivity index is 1.66. The van der Waals surface area contributed by atoms with Crippen molar-refractivity contribution >= 4 is 17.5 Å². The quantitative estimate of drug-likeness (QED) is 0.569. The third kappa shape index (κ3) is 5.21. The number of aromatic nitrogens is 2. The van der Waals surface area contributed by atoms with Crippen molar-refractivity contribution in [3.05, 3.63) is 70.6 Å². The first-order chi connectivity index (χ1) is 14.0. The van der Waals surface area contributed by atoms with Gasteiger partial charge < -0.3 is 9.32 Å². The fourth-order valence-corrected chi connectivity index (χ4v) is 3.12. The van der Waals surface area contributed by atoms with E-state index in [0.29, 0.717) is 40.8 Å². The fraction of sp³-hybridized carbons (Fsp3) is 0.273. The number of carbonyl (C=O) groups excluding carboxylic acids is 1. The van der Waals surface area contributed by atoms with Gasteiger partial charge in [-0.05, 0) is 50.1 Å². The van der Waals surface area contributed by atoms with Crippen LogP contribution in [0.15, 0.2) is 52.9 Å². The molecule has 0 atom stereocenters. The molecule has 0 aliphatic rings. The molecule has 2 aromatic carbocycles. The maximum atomic E-state index is 12.8. The summed E-state index contributed by atoms with van der Waals surface area (Å²) in [5.41, 5.74) is 2.28. The van der Waals surface area contributed by atoms with Gasteiger partial charge in [-0.3, -0.25) is 4.79 Å². The minimum absolute atomic E-state index is 0.00172. The van der Waals surface area contributed by atoms with E-state index in [1.54, 1.807) is 23.1 Å². The molecule has 3 rings (SSSR count).